The van der Waals surface area contributed by atoms with Crippen molar-refractivity contribution in [1.82, 2.24) is 14.5 Å². The lowest BCUT2D eigenvalue weighted by Crippen LogP contribution is -2.44. The van der Waals surface area contributed by atoms with Crippen LogP contribution in [0.15, 0.2) is 63.6 Å². The molecule has 2 aliphatic rings. The smallest absolute Gasteiger partial charge is 0.270 e. The lowest BCUT2D eigenvalue weighted by molar-refractivity contribution is 0.187. The number of halogens is 1. The molecule has 3 aromatic rings. The highest BCUT2D eigenvalue weighted by molar-refractivity contribution is 7.99. The molecule has 0 amide bonds. The van der Waals surface area contributed by atoms with Gasteiger partial charge in [0.05, 0.1) is 12.4 Å². The van der Waals surface area contributed by atoms with E-state index in [2.05, 4.69) is 39.1 Å². The van der Waals surface area contributed by atoms with E-state index >= 15 is 0 Å². The van der Waals surface area contributed by atoms with Crippen molar-refractivity contribution < 1.29 is 0 Å². The van der Waals surface area contributed by atoms with Crippen molar-refractivity contribution in [3.05, 3.63) is 75.4 Å². The van der Waals surface area contributed by atoms with Crippen LogP contribution >= 0.6 is 23.4 Å². The summed E-state index contributed by atoms with van der Waals surface area (Å²) in [4.78, 5) is 24.1. The number of pyridine rings is 1. The minimum Gasteiger partial charge on any atom is -0.355 e. The maximum Gasteiger partial charge on any atom is 0.270 e. The second-order valence-corrected chi connectivity index (χ2v) is 9.87. The number of rotatable bonds is 3. The normalized spacial score (nSPS) is 19.0. The Kier molecular flexibility index (Phi) is 6.34. The molecule has 5 rings (SSSR count). The van der Waals surface area contributed by atoms with Crippen LogP contribution in [0.3, 0.4) is 0 Å². The van der Waals surface area contributed by atoms with Gasteiger partial charge < -0.3 is 15.2 Å². The second kappa shape index (κ2) is 8.89. The average molecular weight is 470 g/mol. The summed E-state index contributed by atoms with van der Waals surface area (Å²) in [5.41, 5.74) is 9.33. The molecule has 8 heteroatoms. The van der Waals surface area contributed by atoms with Gasteiger partial charge in [-0.15, -0.1) is 0 Å². The topological polar surface area (TPSA) is 77.0 Å². The van der Waals surface area contributed by atoms with Crippen molar-refractivity contribution in [3.63, 3.8) is 0 Å². The van der Waals surface area contributed by atoms with Crippen LogP contribution in [0.2, 0.25) is 5.02 Å². The Labute approximate surface area is 197 Å². The summed E-state index contributed by atoms with van der Waals surface area (Å²) in [5, 5.41) is 0.914. The first-order valence-corrected chi connectivity index (χ1v) is 11.6. The van der Waals surface area contributed by atoms with E-state index in [1.807, 2.05) is 6.07 Å². The standard InChI is InChI=1S/C23H24ClN5OS.CH4/c1-28-9-6-17(20(24)22(28)30)31-19-14-26-18(13-27-19)29-10-7-23(8-11-29)12-15-4-2-3-5-16(15)21(23)25;/h2-6,9,13-14,21H,7-8,10-12,25H2,1H3;1H4/t21-;/m1./s1. The summed E-state index contributed by atoms with van der Waals surface area (Å²) in [7, 11) is 1.68. The van der Waals surface area contributed by atoms with Gasteiger partial charge in [-0.2, -0.15) is 0 Å². The lowest BCUT2D eigenvalue weighted by atomic mass is 9.73. The third-order valence-electron chi connectivity index (χ3n) is 6.68. The van der Waals surface area contributed by atoms with Crippen molar-refractivity contribution in [2.75, 3.05) is 18.0 Å². The zero-order chi connectivity index (χ0) is 21.6. The molecule has 1 aliphatic heterocycles. The molecular weight excluding hydrogens is 442 g/mol. The first-order valence-electron chi connectivity index (χ1n) is 10.4. The number of hydrogen-bond acceptors (Lipinski definition) is 6. The monoisotopic (exact) mass is 469 g/mol. The van der Waals surface area contributed by atoms with Gasteiger partial charge in [0.1, 0.15) is 15.9 Å². The maximum atomic E-state index is 12.0. The Morgan fingerprint density at radius 2 is 1.91 bits per heavy atom. The fourth-order valence-corrected chi connectivity index (χ4v) is 5.84. The fraction of sp³-hybridized carbons (Fsp3) is 0.375. The number of aromatic nitrogens is 3. The minimum absolute atomic E-state index is 0. The van der Waals surface area contributed by atoms with Gasteiger partial charge >= 0.3 is 0 Å². The van der Waals surface area contributed by atoms with E-state index in [0.717, 1.165) is 38.2 Å². The van der Waals surface area contributed by atoms with Gasteiger partial charge in [-0.25, -0.2) is 9.97 Å². The first kappa shape index (κ1) is 22.8. The largest absolute Gasteiger partial charge is 0.355 e. The van der Waals surface area contributed by atoms with Gasteiger partial charge in [-0.1, -0.05) is 55.1 Å². The van der Waals surface area contributed by atoms with Crippen LogP contribution in [-0.2, 0) is 13.5 Å². The summed E-state index contributed by atoms with van der Waals surface area (Å²) in [6, 6.07) is 10.5. The predicted molar refractivity (Wildman–Crippen MR) is 131 cm³/mol. The molecule has 1 saturated heterocycles. The third-order valence-corrected chi connectivity index (χ3v) is 8.14. The number of aryl methyl sites for hydroxylation is 1. The van der Waals surface area contributed by atoms with Gasteiger partial charge in [0.15, 0.2) is 0 Å². The lowest BCUT2D eigenvalue weighted by Gasteiger charge is -2.42. The van der Waals surface area contributed by atoms with E-state index < -0.39 is 0 Å². The summed E-state index contributed by atoms with van der Waals surface area (Å²) in [6.45, 7) is 1.84. The van der Waals surface area contributed by atoms with Crippen LogP contribution in [0.1, 0.15) is 37.4 Å². The highest BCUT2D eigenvalue weighted by atomic mass is 35.5. The summed E-state index contributed by atoms with van der Waals surface area (Å²) >= 11 is 7.53. The summed E-state index contributed by atoms with van der Waals surface area (Å²) in [6.07, 6.45) is 8.41. The Morgan fingerprint density at radius 3 is 2.59 bits per heavy atom. The summed E-state index contributed by atoms with van der Waals surface area (Å²) < 4.78 is 1.46. The number of anilines is 1. The van der Waals surface area contributed by atoms with Crippen molar-refractivity contribution in [2.45, 2.75) is 42.7 Å². The van der Waals surface area contributed by atoms with Crippen molar-refractivity contribution >= 4 is 29.2 Å². The van der Waals surface area contributed by atoms with Crippen LogP contribution in [0.4, 0.5) is 5.82 Å². The van der Waals surface area contributed by atoms with Crippen molar-refractivity contribution in [2.24, 2.45) is 18.2 Å². The molecule has 6 nitrogen and oxygen atoms in total. The summed E-state index contributed by atoms with van der Waals surface area (Å²) in [5.74, 6) is 0.873. The van der Waals surface area contributed by atoms with Crippen LogP contribution in [0, 0.1) is 5.41 Å². The average Bonchev–Trinajstić information content (AvgIpc) is 3.07. The van der Waals surface area contributed by atoms with E-state index in [9.17, 15) is 4.79 Å². The van der Waals surface area contributed by atoms with Crippen LogP contribution in [0.25, 0.3) is 0 Å². The number of fused-ring (bicyclic) bond motifs is 1. The number of benzene rings is 1. The number of nitrogens with zero attached hydrogens (tertiary/aromatic N) is 4. The zero-order valence-electron chi connectivity index (χ0n) is 17.3. The Bertz CT molecular complexity index is 1170. The molecule has 2 N–H and O–H groups in total. The first-order chi connectivity index (χ1) is 15.0. The molecular formula is C24H28ClN5OS. The van der Waals surface area contributed by atoms with Gasteiger partial charge in [0.25, 0.3) is 5.56 Å². The van der Waals surface area contributed by atoms with E-state index in [-0.39, 0.29) is 29.5 Å². The SMILES string of the molecule is C.Cn1ccc(Sc2cnc(N3CCC4(CC3)Cc3ccccc3[C@H]4N)cn2)c(Cl)c1=O. The molecule has 1 spiro atoms. The number of nitrogens with two attached hydrogens (primary N) is 1. The molecule has 32 heavy (non-hydrogen) atoms. The molecule has 1 atom stereocenters. The molecule has 0 saturated carbocycles. The predicted octanol–water partition coefficient (Wildman–Crippen LogP) is 4.46. The maximum absolute atomic E-state index is 12.0. The molecule has 2 aromatic heterocycles. The van der Waals surface area contributed by atoms with Crippen molar-refractivity contribution in [3.8, 4) is 0 Å². The van der Waals surface area contributed by atoms with E-state index in [0.29, 0.717) is 9.92 Å². The van der Waals surface area contributed by atoms with Crippen molar-refractivity contribution in [1.29, 1.82) is 0 Å². The molecule has 1 aliphatic carbocycles. The molecule has 0 bridgehead atoms. The highest BCUT2D eigenvalue weighted by Gasteiger charge is 2.45. The molecule has 0 unspecified atom stereocenters. The Morgan fingerprint density at radius 1 is 1.16 bits per heavy atom. The van der Waals surface area contributed by atoms with Gasteiger partial charge in [0, 0.05) is 37.3 Å². The van der Waals surface area contributed by atoms with E-state index in [4.69, 9.17) is 17.3 Å². The number of hydrogen-bond donors (Lipinski definition) is 1. The fourth-order valence-electron chi connectivity index (χ4n) is 4.78. The van der Waals surface area contributed by atoms with Gasteiger partial charge in [-0.05, 0) is 41.9 Å². The number of piperidine rings is 1. The Hall–Kier alpha value is -2.35. The third kappa shape index (κ3) is 3.93. The molecule has 1 aromatic carbocycles. The minimum atomic E-state index is -0.217. The van der Waals surface area contributed by atoms with Crippen LogP contribution in [-0.4, -0.2) is 27.6 Å². The van der Waals surface area contributed by atoms with E-state index in [1.54, 1.807) is 25.6 Å². The van der Waals surface area contributed by atoms with Gasteiger partial charge in [-0.3, -0.25) is 4.79 Å². The zero-order valence-corrected chi connectivity index (χ0v) is 18.9. The quantitative estimate of drug-likeness (QED) is 0.610. The molecule has 3 heterocycles. The van der Waals surface area contributed by atoms with E-state index in [1.165, 1.54) is 27.5 Å². The highest BCUT2D eigenvalue weighted by Crippen LogP contribution is 2.50. The van der Waals surface area contributed by atoms with Crippen LogP contribution < -0.4 is 16.2 Å². The molecule has 0 radical (unpaired) electrons. The Balaban J connectivity index is 0.00000245. The van der Waals surface area contributed by atoms with Crippen LogP contribution in [0.5, 0.6) is 0 Å². The molecule has 1 fully saturated rings. The van der Waals surface area contributed by atoms with Gasteiger partial charge in [0.2, 0.25) is 0 Å². The molecule has 168 valence electrons. The second-order valence-electron chi connectivity index (χ2n) is 8.43.